The molecule has 2 rings (SSSR count). The van der Waals surface area contributed by atoms with Crippen LogP contribution in [-0.4, -0.2) is 11.5 Å². The summed E-state index contributed by atoms with van der Waals surface area (Å²) >= 11 is 9.34. The first-order chi connectivity index (χ1) is 9.27. The zero-order valence-corrected chi connectivity index (χ0v) is 13.0. The fourth-order valence-electron chi connectivity index (χ4n) is 2.06. The van der Waals surface area contributed by atoms with Crippen LogP contribution in [0.1, 0.15) is 18.2 Å². The maximum atomic E-state index is 13.1. The highest BCUT2D eigenvalue weighted by molar-refractivity contribution is 9.10. The van der Waals surface area contributed by atoms with Crippen molar-refractivity contribution in [3.63, 3.8) is 0 Å². The van der Waals surface area contributed by atoms with E-state index in [1.807, 2.05) is 6.92 Å². The Morgan fingerprint density at radius 2 is 2.00 bits per heavy atom. The maximum Gasteiger partial charge on any atom is 0.433 e. The van der Waals surface area contributed by atoms with Crippen molar-refractivity contribution in [2.75, 3.05) is 11.9 Å². The van der Waals surface area contributed by atoms with Gasteiger partial charge in [0.15, 0.2) is 0 Å². The van der Waals surface area contributed by atoms with E-state index >= 15 is 0 Å². The lowest BCUT2D eigenvalue weighted by atomic mass is 10.1. The van der Waals surface area contributed by atoms with Crippen LogP contribution >= 0.6 is 27.5 Å². The molecular formula is C13H11BrClF3N2. The molecule has 0 fully saturated rings. The zero-order valence-electron chi connectivity index (χ0n) is 10.7. The highest BCUT2D eigenvalue weighted by atomic mass is 79.9. The van der Waals surface area contributed by atoms with Gasteiger partial charge >= 0.3 is 6.18 Å². The van der Waals surface area contributed by atoms with Gasteiger partial charge in [-0.1, -0.05) is 27.5 Å². The average molecular weight is 368 g/mol. The minimum absolute atomic E-state index is 0.0646. The Morgan fingerprint density at radius 3 is 2.55 bits per heavy atom. The van der Waals surface area contributed by atoms with E-state index in [1.54, 1.807) is 6.07 Å². The van der Waals surface area contributed by atoms with E-state index in [0.717, 1.165) is 0 Å². The van der Waals surface area contributed by atoms with Crippen LogP contribution < -0.4 is 5.32 Å². The second kappa shape index (κ2) is 5.41. The Morgan fingerprint density at radius 1 is 1.35 bits per heavy atom. The zero-order chi connectivity index (χ0) is 15.1. The molecule has 1 N–H and O–H groups in total. The van der Waals surface area contributed by atoms with Gasteiger partial charge in [0.25, 0.3) is 0 Å². The van der Waals surface area contributed by atoms with Crippen LogP contribution in [0.15, 0.2) is 16.6 Å². The molecule has 0 aliphatic rings. The van der Waals surface area contributed by atoms with Crippen LogP contribution in [0.4, 0.5) is 18.9 Å². The van der Waals surface area contributed by atoms with Gasteiger partial charge in [0.1, 0.15) is 5.69 Å². The second-order valence-corrected chi connectivity index (χ2v) is 5.50. The first-order valence-electron chi connectivity index (χ1n) is 5.86. The first-order valence-corrected chi connectivity index (χ1v) is 7.03. The number of benzene rings is 1. The van der Waals surface area contributed by atoms with Crippen molar-refractivity contribution in [2.45, 2.75) is 20.0 Å². The van der Waals surface area contributed by atoms with E-state index in [-0.39, 0.29) is 16.1 Å². The highest BCUT2D eigenvalue weighted by Gasteiger charge is 2.36. The number of nitrogens with one attached hydrogen (secondary N) is 1. The summed E-state index contributed by atoms with van der Waals surface area (Å²) in [5, 5.41) is 3.72. The van der Waals surface area contributed by atoms with Crippen LogP contribution in [0, 0.1) is 6.92 Å². The van der Waals surface area contributed by atoms with E-state index in [4.69, 9.17) is 11.6 Å². The molecule has 2 aromatic rings. The number of aromatic nitrogens is 1. The molecule has 7 heteroatoms. The summed E-state index contributed by atoms with van der Waals surface area (Å²) in [6.07, 6.45) is -4.52. The normalized spacial score (nSPS) is 11.9. The molecule has 20 heavy (non-hydrogen) atoms. The number of pyridine rings is 1. The fraction of sp³-hybridized carbons (Fsp3) is 0.308. The third-order valence-corrected chi connectivity index (χ3v) is 3.87. The Kier molecular flexibility index (Phi) is 4.16. The number of fused-ring (bicyclic) bond motifs is 1. The van der Waals surface area contributed by atoms with Gasteiger partial charge in [-0.3, -0.25) is 0 Å². The van der Waals surface area contributed by atoms with E-state index in [2.05, 4.69) is 26.2 Å². The van der Waals surface area contributed by atoms with Crippen molar-refractivity contribution in [1.82, 2.24) is 4.98 Å². The van der Waals surface area contributed by atoms with Gasteiger partial charge < -0.3 is 5.32 Å². The smallest absolute Gasteiger partial charge is 0.384 e. The highest BCUT2D eigenvalue weighted by Crippen LogP contribution is 2.41. The SMILES string of the molecule is CCNc1c(C)c(C(F)(F)F)nc2c(Cl)ccc(Br)c12. The Hall–Kier alpha value is -1.01. The lowest BCUT2D eigenvalue weighted by Crippen LogP contribution is -2.13. The van der Waals surface area contributed by atoms with Gasteiger partial charge in [-0.25, -0.2) is 4.98 Å². The summed E-state index contributed by atoms with van der Waals surface area (Å²) in [7, 11) is 0. The van der Waals surface area contributed by atoms with Gasteiger partial charge in [-0.15, -0.1) is 0 Å². The summed E-state index contributed by atoms with van der Waals surface area (Å²) in [4.78, 5) is 3.72. The third-order valence-electron chi connectivity index (χ3n) is 2.90. The average Bonchev–Trinajstić information content (AvgIpc) is 2.35. The number of anilines is 1. The molecule has 108 valence electrons. The summed E-state index contributed by atoms with van der Waals surface area (Å²) in [5.74, 6) is 0. The molecule has 1 aromatic carbocycles. The minimum Gasteiger partial charge on any atom is -0.384 e. The minimum atomic E-state index is -4.52. The van der Waals surface area contributed by atoms with Crippen LogP contribution in [-0.2, 0) is 6.18 Å². The van der Waals surface area contributed by atoms with Crippen molar-refractivity contribution in [2.24, 2.45) is 0 Å². The predicted octanol–water partition coefficient (Wildman–Crippen LogP) is 5.41. The van der Waals surface area contributed by atoms with Crippen molar-refractivity contribution >= 4 is 44.1 Å². The summed E-state index contributed by atoms with van der Waals surface area (Å²) in [6, 6.07) is 3.21. The second-order valence-electron chi connectivity index (χ2n) is 4.24. The van der Waals surface area contributed by atoms with E-state index in [9.17, 15) is 13.2 Å². The largest absolute Gasteiger partial charge is 0.433 e. The van der Waals surface area contributed by atoms with Gasteiger partial charge in [0.2, 0.25) is 0 Å². The number of alkyl halides is 3. The molecule has 0 saturated carbocycles. The maximum absolute atomic E-state index is 13.1. The Labute approximate surface area is 127 Å². The Bertz CT molecular complexity index is 671. The van der Waals surface area contributed by atoms with E-state index in [0.29, 0.717) is 22.1 Å². The monoisotopic (exact) mass is 366 g/mol. The number of hydrogen-bond acceptors (Lipinski definition) is 2. The molecule has 0 bridgehead atoms. The topological polar surface area (TPSA) is 24.9 Å². The van der Waals surface area contributed by atoms with Crippen LogP contribution in [0.25, 0.3) is 10.9 Å². The van der Waals surface area contributed by atoms with Crippen molar-refractivity contribution in [3.05, 3.63) is 32.9 Å². The standard InChI is InChI=1S/C13H11BrClF3N2/c1-3-19-10-6(2)12(13(16,17)18)20-11-8(15)5-4-7(14)9(10)11/h4-5H,3H2,1-2H3,(H,19,20). The molecule has 0 saturated heterocycles. The van der Waals surface area contributed by atoms with Crippen molar-refractivity contribution < 1.29 is 13.2 Å². The van der Waals surface area contributed by atoms with Gasteiger partial charge in [-0.05, 0) is 26.0 Å². The summed E-state index contributed by atoms with van der Waals surface area (Å²) in [6.45, 7) is 3.72. The Balaban J connectivity index is 2.95. The molecule has 0 radical (unpaired) electrons. The van der Waals surface area contributed by atoms with E-state index < -0.39 is 11.9 Å². The molecule has 0 aliphatic carbocycles. The molecule has 0 unspecified atom stereocenters. The fourth-order valence-corrected chi connectivity index (χ4v) is 2.78. The summed E-state index contributed by atoms with van der Waals surface area (Å²) in [5.41, 5.74) is -0.315. The number of nitrogens with zero attached hydrogens (tertiary/aromatic N) is 1. The number of rotatable bonds is 2. The van der Waals surface area contributed by atoms with Crippen molar-refractivity contribution in [3.8, 4) is 0 Å². The lowest BCUT2D eigenvalue weighted by molar-refractivity contribution is -0.141. The molecule has 0 atom stereocenters. The predicted molar refractivity (Wildman–Crippen MR) is 78.4 cm³/mol. The van der Waals surface area contributed by atoms with E-state index in [1.165, 1.54) is 13.0 Å². The lowest BCUT2D eigenvalue weighted by Gasteiger charge is -2.18. The third kappa shape index (κ3) is 2.59. The van der Waals surface area contributed by atoms with Gasteiger partial charge in [-0.2, -0.15) is 13.2 Å². The van der Waals surface area contributed by atoms with Crippen LogP contribution in [0.2, 0.25) is 5.02 Å². The molecule has 0 amide bonds. The first kappa shape index (κ1) is 15.4. The molecule has 0 aliphatic heterocycles. The number of hydrogen-bond donors (Lipinski definition) is 1. The molecule has 1 heterocycles. The van der Waals surface area contributed by atoms with Gasteiger partial charge in [0, 0.05) is 27.7 Å². The van der Waals surface area contributed by atoms with Crippen molar-refractivity contribution in [1.29, 1.82) is 0 Å². The summed E-state index contributed by atoms with van der Waals surface area (Å²) < 4.78 is 39.9. The molecular weight excluding hydrogens is 357 g/mol. The molecule has 2 nitrogen and oxygen atoms in total. The molecule has 0 spiro atoms. The number of halogens is 5. The van der Waals surface area contributed by atoms with Crippen LogP contribution in [0.3, 0.4) is 0 Å². The molecule has 1 aromatic heterocycles. The van der Waals surface area contributed by atoms with Crippen LogP contribution in [0.5, 0.6) is 0 Å². The van der Waals surface area contributed by atoms with Gasteiger partial charge in [0.05, 0.1) is 10.5 Å². The quantitative estimate of drug-likeness (QED) is 0.767.